The van der Waals surface area contributed by atoms with Crippen LogP contribution in [0, 0.1) is 11.5 Å². The Morgan fingerprint density at radius 1 is 1.19 bits per heavy atom. The average molecular weight is 462 g/mol. The number of alkyl carbamates (subject to hydrolysis) is 1. The lowest BCUT2D eigenvalue weighted by atomic mass is 10.1. The summed E-state index contributed by atoms with van der Waals surface area (Å²) >= 11 is 0. The molecule has 2 atom stereocenters. The SMILES string of the molecule is CC(C)(C)[Si](C)(C)C#CC[C@H](NC(=O)C[C@H](O)CNC(=O)OCc1ccccc1)C(N)=O. The van der Waals surface area contributed by atoms with E-state index in [1.54, 1.807) is 0 Å². The van der Waals surface area contributed by atoms with Crippen molar-refractivity contribution in [1.29, 1.82) is 0 Å². The number of primary amides is 1. The maximum absolute atomic E-state index is 12.2. The van der Waals surface area contributed by atoms with Gasteiger partial charge in [-0.2, -0.15) is 0 Å². The number of benzene rings is 1. The molecule has 32 heavy (non-hydrogen) atoms. The highest BCUT2D eigenvalue weighted by Crippen LogP contribution is 2.35. The molecule has 0 aliphatic rings. The highest BCUT2D eigenvalue weighted by Gasteiger charge is 2.33. The van der Waals surface area contributed by atoms with Crippen molar-refractivity contribution in [3.05, 3.63) is 35.9 Å². The van der Waals surface area contributed by atoms with E-state index in [1.165, 1.54) is 0 Å². The monoisotopic (exact) mass is 461 g/mol. The maximum Gasteiger partial charge on any atom is 0.407 e. The maximum atomic E-state index is 12.2. The third-order valence-corrected chi connectivity index (χ3v) is 9.93. The summed E-state index contributed by atoms with van der Waals surface area (Å²) in [5.41, 5.74) is 9.49. The molecule has 8 nitrogen and oxygen atoms in total. The first kappa shape index (κ1) is 27.2. The van der Waals surface area contributed by atoms with Crippen LogP contribution in [-0.4, -0.2) is 49.8 Å². The Labute approximate surface area is 191 Å². The largest absolute Gasteiger partial charge is 0.445 e. The van der Waals surface area contributed by atoms with Gasteiger partial charge in [-0.05, 0) is 10.6 Å². The molecule has 0 bridgehead atoms. The summed E-state index contributed by atoms with van der Waals surface area (Å²) in [7, 11) is -1.84. The van der Waals surface area contributed by atoms with Gasteiger partial charge < -0.3 is 26.2 Å². The average Bonchev–Trinajstić information content (AvgIpc) is 2.69. The van der Waals surface area contributed by atoms with E-state index in [2.05, 4.69) is 56.0 Å². The van der Waals surface area contributed by atoms with E-state index in [4.69, 9.17) is 10.5 Å². The van der Waals surface area contributed by atoms with Gasteiger partial charge in [0.25, 0.3) is 0 Å². The van der Waals surface area contributed by atoms with Crippen molar-refractivity contribution in [2.24, 2.45) is 5.73 Å². The zero-order valence-corrected chi connectivity index (χ0v) is 20.5. The second kappa shape index (κ2) is 12.3. The van der Waals surface area contributed by atoms with E-state index in [-0.39, 0.29) is 31.0 Å². The minimum absolute atomic E-state index is 0.0742. The third-order valence-electron chi connectivity index (χ3n) is 5.38. The molecular formula is C23H35N3O5Si. The van der Waals surface area contributed by atoms with E-state index in [0.29, 0.717) is 0 Å². The highest BCUT2D eigenvalue weighted by atomic mass is 28.3. The first-order chi connectivity index (χ1) is 14.8. The summed E-state index contributed by atoms with van der Waals surface area (Å²) in [6, 6.07) is 8.20. The Bertz CT molecular complexity index is 841. The minimum Gasteiger partial charge on any atom is -0.445 e. The highest BCUT2D eigenvalue weighted by molar-refractivity contribution is 6.87. The van der Waals surface area contributed by atoms with Crippen molar-refractivity contribution >= 4 is 26.0 Å². The van der Waals surface area contributed by atoms with Gasteiger partial charge in [-0.25, -0.2) is 4.79 Å². The van der Waals surface area contributed by atoms with Crippen LogP contribution < -0.4 is 16.4 Å². The molecule has 0 radical (unpaired) electrons. The zero-order valence-electron chi connectivity index (χ0n) is 19.5. The Balaban J connectivity index is 2.45. The number of aliphatic hydroxyl groups excluding tert-OH is 1. The Kier molecular flexibility index (Phi) is 10.4. The fourth-order valence-electron chi connectivity index (χ4n) is 2.30. The summed E-state index contributed by atoms with van der Waals surface area (Å²) in [5, 5.41) is 15.0. The molecule has 1 aromatic rings. The quantitative estimate of drug-likeness (QED) is 0.330. The molecule has 5 N–H and O–H groups in total. The summed E-state index contributed by atoms with van der Waals surface area (Å²) in [6.45, 7) is 10.6. The van der Waals surface area contributed by atoms with Crippen LogP contribution in [-0.2, 0) is 20.9 Å². The van der Waals surface area contributed by atoms with E-state index < -0.39 is 38.1 Å². The van der Waals surface area contributed by atoms with Crippen molar-refractivity contribution in [3.63, 3.8) is 0 Å². The van der Waals surface area contributed by atoms with E-state index in [0.717, 1.165) is 5.56 Å². The number of rotatable bonds is 9. The van der Waals surface area contributed by atoms with Gasteiger partial charge in [-0.15, -0.1) is 11.5 Å². The number of carbonyl (C=O) groups is 3. The van der Waals surface area contributed by atoms with Gasteiger partial charge in [0.15, 0.2) is 0 Å². The molecule has 176 valence electrons. The lowest BCUT2D eigenvalue weighted by molar-refractivity contribution is -0.128. The third kappa shape index (κ3) is 9.98. The molecule has 0 unspecified atom stereocenters. The van der Waals surface area contributed by atoms with Crippen molar-refractivity contribution in [2.45, 2.75) is 70.5 Å². The number of aliphatic hydroxyl groups is 1. The van der Waals surface area contributed by atoms with Crippen molar-refractivity contribution in [3.8, 4) is 11.5 Å². The van der Waals surface area contributed by atoms with Gasteiger partial charge in [-0.1, -0.05) is 64.2 Å². The van der Waals surface area contributed by atoms with Gasteiger partial charge >= 0.3 is 6.09 Å². The molecule has 0 aromatic heterocycles. The molecule has 0 spiro atoms. The van der Waals surface area contributed by atoms with Crippen LogP contribution in [0.25, 0.3) is 0 Å². The van der Waals surface area contributed by atoms with Crippen LogP contribution in [0.2, 0.25) is 18.1 Å². The number of carbonyl (C=O) groups excluding carboxylic acids is 3. The van der Waals surface area contributed by atoms with Crippen molar-refractivity contribution in [2.75, 3.05) is 6.54 Å². The van der Waals surface area contributed by atoms with E-state index >= 15 is 0 Å². The molecule has 0 saturated heterocycles. The summed E-state index contributed by atoms with van der Waals surface area (Å²) < 4.78 is 5.04. The number of hydrogen-bond acceptors (Lipinski definition) is 5. The fourth-order valence-corrected chi connectivity index (χ4v) is 3.22. The molecule has 3 amide bonds. The number of hydrogen-bond donors (Lipinski definition) is 4. The number of nitrogens with one attached hydrogen (secondary N) is 2. The van der Waals surface area contributed by atoms with Gasteiger partial charge in [-0.3, -0.25) is 9.59 Å². The molecule has 9 heteroatoms. The van der Waals surface area contributed by atoms with Crippen LogP contribution in [0.15, 0.2) is 30.3 Å². The lowest BCUT2D eigenvalue weighted by Gasteiger charge is -2.31. The fraction of sp³-hybridized carbons (Fsp3) is 0.522. The smallest absolute Gasteiger partial charge is 0.407 e. The number of nitrogens with two attached hydrogens (primary N) is 1. The lowest BCUT2D eigenvalue weighted by Crippen LogP contribution is -2.46. The topological polar surface area (TPSA) is 131 Å². The molecule has 1 rings (SSSR count). The zero-order chi connectivity index (χ0) is 24.4. The molecule has 1 aromatic carbocycles. The second-order valence-corrected chi connectivity index (χ2v) is 14.2. The second-order valence-electron chi connectivity index (χ2n) is 9.20. The van der Waals surface area contributed by atoms with Gasteiger partial charge in [0.1, 0.15) is 20.7 Å². The number of ether oxygens (including phenoxy) is 1. The molecule has 0 aliphatic carbocycles. The van der Waals surface area contributed by atoms with Gasteiger partial charge in [0.2, 0.25) is 11.8 Å². The minimum atomic E-state index is -1.84. The summed E-state index contributed by atoms with van der Waals surface area (Å²) in [5.74, 6) is 1.75. The molecule has 0 heterocycles. The van der Waals surface area contributed by atoms with Crippen LogP contribution in [0.1, 0.15) is 39.2 Å². The van der Waals surface area contributed by atoms with Crippen LogP contribution in [0.4, 0.5) is 4.79 Å². The van der Waals surface area contributed by atoms with Crippen molar-refractivity contribution in [1.82, 2.24) is 10.6 Å². The Morgan fingerprint density at radius 2 is 1.81 bits per heavy atom. The molecule has 0 fully saturated rings. The van der Waals surface area contributed by atoms with E-state index in [9.17, 15) is 19.5 Å². The summed E-state index contributed by atoms with van der Waals surface area (Å²) in [4.78, 5) is 35.6. The predicted molar refractivity (Wildman–Crippen MR) is 126 cm³/mol. The first-order valence-corrected chi connectivity index (χ1v) is 13.5. The van der Waals surface area contributed by atoms with Crippen LogP contribution in [0.5, 0.6) is 0 Å². The molecule has 0 saturated carbocycles. The molecular weight excluding hydrogens is 426 g/mol. The summed E-state index contributed by atoms with van der Waals surface area (Å²) in [6.07, 6.45) is -2.05. The normalized spacial score (nSPS) is 13.2. The first-order valence-electron chi connectivity index (χ1n) is 10.5. The van der Waals surface area contributed by atoms with Crippen LogP contribution >= 0.6 is 0 Å². The number of amides is 3. The van der Waals surface area contributed by atoms with Gasteiger partial charge in [0.05, 0.1) is 12.5 Å². The molecule has 0 aliphatic heterocycles. The van der Waals surface area contributed by atoms with Crippen LogP contribution in [0.3, 0.4) is 0 Å². The standard InChI is InChI=1S/C23H35N3O5Si/c1-23(2,3)32(4,5)13-9-12-19(21(24)29)26-20(28)14-18(27)15-25-22(30)31-16-17-10-7-6-8-11-17/h6-8,10-11,18-19,27H,12,14-16H2,1-5H3,(H2,24,29)(H,25,30)(H,26,28)/t18-,19-/m0/s1. The van der Waals surface area contributed by atoms with Crippen molar-refractivity contribution < 1.29 is 24.2 Å². The Morgan fingerprint density at radius 3 is 2.38 bits per heavy atom. The van der Waals surface area contributed by atoms with Gasteiger partial charge in [0, 0.05) is 13.0 Å². The van der Waals surface area contributed by atoms with E-state index in [1.807, 2.05) is 30.3 Å². The predicted octanol–water partition coefficient (Wildman–Crippen LogP) is 2.08. The Hall–Kier alpha value is -2.83.